The number of benzene rings is 3. The van der Waals surface area contributed by atoms with Crippen molar-refractivity contribution in [3.63, 3.8) is 0 Å². The molecule has 0 saturated carbocycles. The second kappa shape index (κ2) is 9.75. The third-order valence-corrected chi connectivity index (χ3v) is 6.33. The minimum Gasteiger partial charge on any atom is -0.495 e. The molecule has 0 atom stereocenters. The van der Waals surface area contributed by atoms with Gasteiger partial charge in [-0.25, -0.2) is 12.8 Å². The Hall–Kier alpha value is -4.18. The summed E-state index contributed by atoms with van der Waals surface area (Å²) in [6.45, 7) is 0.588. The van der Waals surface area contributed by atoms with Gasteiger partial charge in [-0.3, -0.25) is 14.2 Å². The number of aromatic nitrogens is 2. The molecular formula is C24H21FN4O4S. The van der Waals surface area contributed by atoms with E-state index in [9.17, 15) is 17.6 Å². The third-order valence-electron chi connectivity index (χ3n) is 4.95. The van der Waals surface area contributed by atoms with Crippen LogP contribution in [0, 0.1) is 5.82 Å². The highest BCUT2D eigenvalue weighted by Gasteiger charge is 2.18. The summed E-state index contributed by atoms with van der Waals surface area (Å²) in [6, 6.07) is 17.9. The van der Waals surface area contributed by atoms with E-state index in [-0.39, 0.29) is 22.2 Å². The van der Waals surface area contributed by atoms with Gasteiger partial charge in [0.2, 0.25) is 0 Å². The summed E-state index contributed by atoms with van der Waals surface area (Å²) < 4.78 is 48.0. The van der Waals surface area contributed by atoms with E-state index in [2.05, 4.69) is 15.1 Å². The number of nitrogens with zero attached hydrogens (tertiary/aromatic N) is 2. The molecule has 2 N–H and O–H groups in total. The van der Waals surface area contributed by atoms with Crippen LogP contribution in [-0.2, 0) is 16.6 Å². The number of sulfonamides is 1. The highest BCUT2D eigenvalue weighted by molar-refractivity contribution is 7.92. The molecule has 4 rings (SSSR count). The van der Waals surface area contributed by atoms with Gasteiger partial charge in [-0.2, -0.15) is 5.10 Å². The minimum atomic E-state index is -4.00. The maximum absolute atomic E-state index is 13.2. The zero-order valence-corrected chi connectivity index (χ0v) is 18.9. The van der Waals surface area contributed by atoms with Crippen molar-refractivity contribution >= 4 is 27.3 Å². The molecule has 0 bridgehead atoms. The Labute approximate surface area is 196 Å². The first-order valence-electron chi connectivity index (χ1n) is 10.2. The number of carbonyl (C=O) groups excluding carboxylic acids is 1. The highest BCUT2D eigenvalue weighted by Crippen LogP contribution is 2.30. The molecule has 174 valence electrons. The predicted molar refractivity (Wildman–Crippen MR) is 126 cm³/mol. The number of carbonyl (C=O) groups is 1. The lowest BCUT2D eigenvalue weighted by molar-refractivity contribution is 0.102. The monoisotopic (exact) mass is 480 g/mol. The maximum Gasteiger partial charge on any atom is 0.262 e. The van der Waals surface area contributed by atoms with Gasteiger partial charge in [-0.05, 0) is 66.2 Å². The van der Waals surface area contributed by atoms with Crippen molar-refractivity contribution < 1.29 is 22.3 Å². The Balaban J connectivity index is 1.49. The number of anilines is 2. The maximum atomic E-state index is 13.2. The Bertz CT molecular complexity index is 1390. The fourth-order valence-corrected chi connectivity index (χ4v) is 4.29. The number of ether oxygens (including phenoxy) is 1. The fourth-order valence-electron chi connectivity index (χ4n) is 3.23. The first-order chi connectivity index (χ1) is 16.3. The number of halogens is 1. The van der Waals surface area contributed by atoms with Gasteiger partial charge in [0.15, 0.2) is 0 Å². The van der Waals surface area contributed by atoms with E-state index in [1.807, 2.05) is 24.4 Å². The summed E-state index contributed by atoms with van der Waals surface area (Å²) in [7, 11) is -2.61. The molecule has 1 amide bonds. The highest BCUT2D eigenvalue weighted by atomic mass is 32.2. The van der Waals surface area contributed by atoms with Gasteiger partial charge in [0.1, 0.15) is 11.6 Å². The van der Waals surface area contributed by atoms with E-state index in [1.54, 1.807) is 29.1 Å². The molecule has 1 heterocycles. The molecule has 0 aliphatic heterocycles. The molecule has 10 heteroatoms. The molecule has 0 aliphatic carbocycles. The van der Waals surface area contributed by atoms with Crippen LogP contribution in [0.1, 0.15) is 15.9 Å². The molecule has 0 spiro atoms. The van der Waals surface area contributed by atoms with Crippen molar-refractivity contribution in [1.29, 1.82) is 0 Å². The van der Waals surface area contributed by atoms with Crippen LogP contribution >= 0.6 is 0 Å². The van der Waals surface area contributed by atoms with Gasteiger partial charge < -0.3 is 10.1 Å². The summed E-state index contributed by atoms with van der Waals surface area (Å²) >= 11 is 0. The minimum absolute atomic E-state index is 0.111. The SMILES string of the molecule is COc1ccc(NC(=O)c2ccc(Cn3cccn3)cc2)cc1NS(=O)(=O)c1ccc(F)cc1. The standard InChI is InChI=1S/C24H21FN4O4S/c1-33-23-12-9-20(15-22(23)28-34(31,32)21-10-7-19(25)8-11-21)27-24(30)18-5-3-17(4-6-18)16-29-14-2-13-26-29/h2-15,28H,16H2,1H3,(H,27,30). The van der Waals surface area contributed by atoms with Gasteiger partial charge >= 0.3 is 0 Å². The van der Waals surface area contributed by atoms with Gasteiger partial charge in [-0.15, -0.1) is 0 Å². The Morgan fingerprint density at radius 1 is 1.06 bits per heavy atom. The van der Waals surface area contributed by atoms with Crippen LogP contribution in [-0.4, -0.2) is 31.2 Å². The van der Waals surface area contributed by atoms with Crippen molar-refractivity contribution in [3.05, 3.63) is 102 Å². The number of hydrogen-bond acceptors (Lipinski definition) is 5. The third kappa shape index (κ3) is 5.41. The molecule has 0 radical (unpaired) electrons. The molecule has 34 heavy (non-hydrogen) atoms. The lowest BCUT2D eigenvalue weighted by Crippen LogP contribution is -2.15. The summed E-state index contributed by atoms with van der Waals surface area (Å²) in [5.74, 6) is -0.648. The van der Waals surface area contributed by atoms with Crippen LogP contribution < -0.4 is 14.8 Å². The van der Waals surface area contributed by atoms with Gasteiger partial charge in [0, 0.05) is 23.6 Å². The van der Waals surface area contributed by atoms with Crippen molar-refractivity contribution in [2.24, 2.45) is 0 Å². The molecule has 3 aromatic carbocycles. The summed E-state index contributed by atoms with van der Waals surface area (Å²) in [5, 5.41) is 6.91. The Morgan fingerprint density at radius 3 is 2.44 bits per heavy atom. The average Bonchev–Trinajstić information content (AvgIpc) is 3.33. The Morgan fingerprint density at radius 2 is 1.79 bits per heavy atom. The molecule has 0 aliphatic rings. The van der Waals surface area contributed by atoms with E-state index in [0.29, 0.717) is 17.8 Å². The molecule has 8 nitrogen and oxygen atoms in total. The Kier molecular flexibility index (Phi) is 6.60. The lowest BCUT2D eigenvalue weighted by Gasteiger charge is -2.14. The van der Waals surface area contributed by atoms with Crippen LogP contribution in [0.25, 0.3) is 0 Å². The zero-order chi connectivity index (χ0) is 24.1. The average molecular weight is 481 g/mol. The number of hydrogen-bond donors (Lipinski definition) is 2. The number of rotatable bonds is 8. The second-order valence-electron chi connectivity index (χ2n) is 7.33. The van der Waals surface area contributed by atoms with Gasteiger partial charge in [0.05, 0.1) is 24.2 Å². The second-order valence-corrected chi connectivity index (χ2v) is 9.01. The van der Waals surface area contributed by atoms with Gasteiger partial charge in [-0.1, -0.05) is 12.1 Å². The van der Waals surface area contributed by atoms with Crippen LogP contribution in [0.2, 0.25) is 0 Å². The topological polar surface area (TPSA) is 102 Å². The van der Waals surface area contributed by atoms with Gasteiger partial charge in [0.25, 0.3) is 15.9 Å². The number of methoxy groups -OCH3 is 1. The molecule has 0 saturated heterocycles. The normalized spacial score (nSPS) is 11.1. The summed E-state index contributed by atoms with van der Waals surface area (Å²) in [4.78, 5) is 12.6. The lowest BCUT2D eigenvalue weighted by atomic mass is 10.1. The number of nitrogens with one attached hydrogen (secondary N) is 2. The summed E-state index contributed by atoms with van der Waals surface area (Å²) in [5.41, 5.74) is 1.91. The first-order valence-corrected chi connectivity index (χ1v) is 11.7. The first kappa shape index (κ1) is 23.0. The number of amides is 1. The van der Waals surface area contributed by atoms with E-state index in [0.717, 1.165) is 29.8 Å². The van der Waals surface area contributed by atoms with Crippen molar-refractivity contribution in [2.75, 3.05) is 17.1 Å². The largest absolute Gasteiger partial charge is 0.495 e. The van der Waals surface area contributed by atoms with Crippen LogP contribution in [0.3, 0.4) is 0 Å². The van der Waals surface area contributed by atoms with E-state index >= 15 is 0 Å². The van der Waals surface area contributed by atoms with Crippen LogP contribution in [0.5, 0.6) is 5.75 Å². The molecule has 4 aromatic rings. The molecule has 1 aromatic heterocycles. The summed E-state index contributed by atoms with van der Waals surface area (Å²) in [6.07, 6.45) is 3.55. The van der Waals surface area contributed by atoms with Crippen LogP contribution in [0.15, 0.2) is 90.1 Å². The quantitative estimate of drug-likeness (QED) is 0.395. The molecular weight excluding hydrogens is 459 g/mol. The predicted octanol–water partition coefficient (Wildman–Crippen LogP) is 4.13. The van der Waals surface area contributed by atoms with E-state index < -0.39 is 15.8 Å². The molecule has 0 fully saturated rings. The van der Waals surface area contributed by atoms with E-state index in [4.69, 9.17) is 4.74 Å². The van der Waals surface area contributed by atoms with Crippen molar-refractivity contribution in [1.82, 2.24) is 9.78 Å². The van der Waals surface area contributed by atoms with Crippen LogP contribution in [0.4, 0.5) is 15.8 Å². The fraction of sp³-hybridized carbons (Fsp3) is 0.0833. The van der Waals surface area contributed by atoms with Crippen molar-refractivity contribution in [3.8, 4) is 5.75 Å². The smallest absolute Gasteiger partial charge is 0.262 e. The van der Waals surface area contributed by atoms with Crippen molar-refractivity contribution in [2.45, 2.75) is 11.4 Å². The zero-order valence-electron chi connectivity index (χ0n) is 18.1. The molecule has 0 unspecified atom stereocenters. The van der Waals surface area contributed by atoms with E-state index in [1.165, 1.54) is 19.2 Å².